The van der Waals surface area contributed by atoms with Crippen LogP contribution in [-0.2, 0) is 4.79 Å². The van der Waals surface area contributed by atoms with Gasteiger partial charge >= 0.3 is 0 Å². The number of nitrogens with zero attached hydrogens (tertiary/aromatic N) is 4. The lowest BCUT2D eigenvalue weighted by Crippen LogP contribution is -2.34. The minimum absolute atomic E-state index is 0.0362. The Morgan fingerprint density at radius 1 is 1.03 bits per heavy atom. The molecule has 37 heavy (non-hydrogen) atoms. The molecule has 10 heteroatoms. The number of carbonyl (C=O) groups is 1. The number of aromatic amines is 1. The molecule has 2 heterocycles. The maximum atomic E-state index is 12.0. The third-order valence-electron chi connectivity index (χ3n) is 5.60. The van der Waals surface area contributed by atoms with Gasteiger partial charge in [0.1, 0.15) is 0 Å². The first-order valence-electron chi connectivity index (χ1n) is 11.8. The van der Waals surface area contributed by atoms with E-state index in [4.69, 9.17) is 9.47 Å². The Morgan fingerprint density at radius 2 is 1.86 bits per heavy atom. The van der Waals surface area contributed by atoms with Gasteiger partial charge in [0.15, 0.2) is 23.9 Å². The van der Waals surface area contributed by atoms with Crippen molar-refractivity contribution in [3.8, 4) is 28.6 Å². The van der Waals surface area contributed by atoms with E-state index in [2.05, 4.69) is 31.0 Å². The Balaban J connectivity index is 1.48. The van der Waals surface area contributed by atoms with Crippen molar-refractivity contribution in [1.29, 1.82) is 0 Å². The standard InChI is InChI=1S/C27H27N7O3/c1-17(2)29-25(35)16-37-23-12-9-18(14-24(23)36-3)26-32-33-27(34(26)21-7-5-4-6-8-21)30-20-10-11-22-19(13-20)15-28-31-22/h4-15,17H,16H2,1-3H3,(H,28,31)(H,29,35)(H,30,33). The smallest absolute Gasteiger partial charge is 0.258 e. The van der Waals surface area contributed by atoms with Crippen LogP contribution < -0.4 is 20.1 Å². The summed E-state index contributed by atoms with van der Waals surface area (Å²) in [5.74, 6) is 1.91. The highest BCUT2D eigenvalue weighted by Crippen LogP contribution is 2.34. The Kier molecular flexibility index (Phi) is 6.71. The molecule has 2 aromatic heterocycles. The van der Waals surface area contributed by atoms with Crippen LogP contribution in [0.1, 0.15) is 13.8 Å². The fourth-order valence-corrected chi connectivity index (χ4v) is 3.96. The highest BCUT2D eigenvalue weighted by Gasteiger charge is 2.18. The lowest BCUT2D eigenvalue weighted by atomic mass is 10.1. The number of fused-ring (bicyclic) bond motifs is 1. The maximum absolute atomic E-state index is 12.0. The fraction of sp³-hybridized carbons (Fsp3) is 0.185. The van der Waals surface area contributed by atoms with Crippen LogP contribution in [0.15, 0.2) is 72.9 Å². The molecule has 5 aromatic rings. The van der Waals surface area contributed by atoms with E-state index in [0.717, 1.165) is 27.8 Å². The SMILES string of the molecule is COc1cc(-c2nnc(Nc3ccc4[nH]ncc4c3)n2-c2ccccc2)ccc1OCC(=O)NC(C)C. The van der Waals surface area contributed by atoms with E-state index in [-0.39, 0.29) is 18.6 Å². The first-order valence-corrected chi connectivity index (χ1v) is 11.8. The number of hydrogen-bond donors (Lipinski definition) is 3. The summed E-state index contributed by atoms with van der Waals surface area (Å²) < 4.78 is 13.2. The van der Waals surface area contributed by atoms with Crippen molar-refractivity contribution in [2.24, 2.45) is 0 Å². The number of carbonyl (C=O) groups excluding carboxylic acids is 1. The number of H-pyrrole nitrogens is 1. The number of para-hydroxylation sites is 1. The summed E-state index contributed by atoms with van der Waals surface area (Å²) in [7, 11) is 1.56. The molecule has 0 spiro atoms. The summed E-state index contributed by atoms with van der Waals surface area (Å²) in [4.78, 5) is 12.0. The molecule has 5 rings (SSSR count). The highest BCUT2D eigenvalue weighted by molar-refractivity contribution is 5.82. The molecule has 1 amide bonds. The van der Waals surface area contributed by atoms with Crippen LogP contribution >= 0.6 is 0 Å². The Labute approximate surface area is 213 Å². The van der Waals surface area contributed by atoms with E-state index in [1.54, 1.807) is 19.4 Å². The number of aromatic nitrogens is 5. The molecule has 3 N–H and O–H groups in total. The quantitative estimate of drug-likeness (QED) is 0.275. The summed E-state index contributed by atoms with van der Waals surface area (Å²) in [6.45, 7) is 3.69. The zero-order valence-corrected chi connectivity index (χ0v) is 20.7. The molecule has 0 aliphatic heterocycles. The highest BCUT2D eigenvalue weighted by atomic mass is 16.5. The first-order chi connectivity index (χ1) is 18.0. The molecular formula is C27H27N7O3. The van der Waals surface area contributed by atoms with E-state index < -0.39 is 0 Å². The number of anilines is 2. The van der Waals surface area contributed by atoms with Crippen LogP contribution in [0.4, 0.5) is 11.6 Å². The van der Waals surface area contributed by atoms with Gasteiger partial charge < -0.3 is 20.1 Å². The lowest BCUT2D eigenvalue weighted by Gasteiger charge is -2.14. The molecule has 0 radical (unpaired) electrons. The van der Waals surface area contributed by atoms with E-state index in [0.29, 0.717) is 23.3 Å². The van der Waals surface area contributed by atoms with Crippen molar-refractivity contribution in [2.75, 3.05) is 19.0 Å². The van der Waals surface area contributed by atoms with Gasteiger partial charge in [0, 0.05) is 22.7 Å². The Bertz CT molecular complexity index is 1530. The largest absolute Gasteiger partial charge is 0.493 e. The molecule has 0 bridgehead atoms. The van der Waals surface area contributed by atoms with Gasteiger partial charge in [-0.25, -0.2) is 0 Å². The van der Waals surface area contributed by atoms with Crippen molar-refractivity contribution >= 4 is 28.4 Å². The third kappa shape index (κ3) is 5.22. The lowest BCUT2D eigenvalue weighted by molar-refractivity contribution is -0.123. The topological polar surface area (TPSA) is 119 Å². The van der Waals surface area contributed by atoms with E-state index in [9.17, 15) is 4.79 Å². The van der Waals surface area contributed by atoms with Crippen molar-refractivity contribution in [2.45, 2.75) is 19.9 Å². The molecule has 10 nitrogen and oxygen atoms in total. The Hall–Kier alpha value is -4.86. The van der Waals surface area contributed by atoms with Gasteiger partial charge in [0.05, 0.1) is 24.5 Å². The third-order valence-corrected chi connectivity index (χ3v) is 5.60. The minimum Gasteiger partial charge on any atom is -0.493 e. The van der Waals surface area contributed by atoms with E-state index in [1.165, 1.54) is 0 Å². The minimum atomic E-state index is -0.200. The molecule has 0 saturated carbocycles. The molecule has 188 valence electrons. The fourth-order valence-electron chi connectivity index (χ4n) is 3.96. The first kappa shape index (κ1) is 23.9. The van der Waals surface area contributed by atoms with Crippen LogP contribution in [0.25, 0.3) is 28.0 Å². The average Bonchev–Trinajstić information content (AvgIpc) is 3.54. The van der Waals surface area contributed by atoms with Gasteiger partial charge in [-0.15, -0.1) is 10.2 Å². The zero-order valence-electron chi connectivity index (χ0n) is 20.7. The van der Waals surface area contributed by atoms with Gasteiger partial charge in [-0.1, -0.05) is 18.2 Å². The predicted octanol–water partition coefficient (Wildman–Crippen LogP) is 4.47. The van der Waals surface area contributed by atoms with Crippen LogP contribution in [0.5, 0.6) is 11.5 Å². The maximum Gasteiger partial charge on any atom is 0.258 e. The molecule has 0 fully saturated rings. The van der Waals surface area contributed by atoms with Gasteiger partial charge in [0.25, 0.3) is 5.91 Å². The Morgan fingerprint density at radius 3 is 2.65 bits per heavy atom. The van der Waals surface area contributed by atoms with Crippen LogP contribution in [0, 0.1) is 0 Å². The molecule has 0 atom stereocenters. The molecule has 0 aliphatic rings. The molecule has 0 aliphatic carbocycles. The average molecular weight is 498 g/mol. The second-order valence-corrected chi connectivity index (χ2v) is 8.69. The number of nitrogens with one attached hydrogen (secondary N) is 3. The number of rotatable bonds is 9. The van der Waals surface area contributed by atoms with Crippen molar-refractivity contribution < 1.29 is 14.3 Å². The molecule has 3 aromatic carbocycles. The number of hydrogen-bond acceptors (Lipinski definition) is 7. The zero-order chi connectivity index (χ0) is 25.8. The summed E-state index contributed by atoms with van der Waals surface area (Å²) in [6, 6.07) is 21.2. The summed E-state index contributed by atoms with van der Waals surface area (Å²) in [5, 5.41) is 23.2. The van der Waals surface area contributed by atoms with Crippen LogP contribution in [0.2, 0.25) is 0 Å². The van der Waals surface area contributed by atoms with Crippen molar-refractivity contribution in [3.63, 3.8) is 0 Å². The van der Waals surface area contributed by atoms with Crippen LogP contribution in [0.3, 0.4) is 0 Å². The summed E-state index contributed by atoms with van der Waals surface area (Å²) in [6.07, 6.45) is 1.77. The van der Waals surface area contributed by atoms with Crippen LogP contribution in [-0.4, -0.2) is 50.6 Å². The second kappa shape index (κ2) is 10.4. The van der Waals surface area contributed by atoms with Gasteiger partial charge in [-0.2, -0.15) is 5.10 Å². The number of benzene rings is 3. The normalized spacial score (nSPS) is 11.0. The van der Waals surface area contributed by atoms with Crippen molar-refractivity contribution in [1.82, 2.24) is 30.3 Å². The van der Waals surface area contributed by atoms with E-state index in [1.807, 2.05) is 79.1 Å². The number of ether oxygens (including phenoxy) is 2. The van der Waals surface area contributed by atoms with E-state index >= 15 is 0 Å². The number of methoxy groups -OCH3 is 1. The number of amides is 1. The molecular weight excluding hydrogens is 470 g/mol. The summed E-state index contributed by atoms with van der Waals surface area (Å²) >= 11 is 0. The van der Waals surface area contributed by atoms with Crippen molar-refractivity contribution in [3.05, 3.63) is 72.9 Å². The molecule has 0 saturated heterocycles. The molecule has 0 unspecified atom stereocenters. The second-order valence-electron chi connectivity index (χ2n) is 8.69. The predicted molar refractivity (Wildman–Crippen MR) is 141 cm³/mol. The van der Waals surface area contributed by atoms with Gasteiger partial charge in [-0.3, -0.25) is 14.5 Å². The summed E-state index contributed by atoms with van der Waals surface area (Å²) in [5.41, 5.74) is 3.46. The monoisotopic (exact) mass is 497 g/mol. The van der Waals surface area contributed by atoms with Gasteiger partial charge in [-0.05, 0) is 62.4 Å². The van der Waals surface area contributed by atoms with Gasteiger partial charge in [0.2, 0.25) is 5.95 Å².